The van der Waals surface area contributed by atoms with Crippen molar-refractivity contribution < 1.29 is 9.18 Å². The fourth-order valence-corrected chi connectivity index (χ4v) is 3.01. The van der Waals surface area contributed by atoms with Gasteiger partial charge in [-0.05, 0) is 31.4 Å². The topological polar surface area (TPSA) is 58.1 Å². The maximum atomic E-state index is 13.8. The Kier molecular flexibility index (Phi) is 5.26. The first-order valence-corrected chi connectivity index (χ1v) is 8.69. The number of nitrogens with zero attached hydrogens (tertiary/aromatic N) is 3. The van der Waals surface area contributed by atoms with Gasteiger partial charge < -0.3 is 10.2 Å². The molecule has 3 rings (SSSR count). The first-order chi connectivity index (χ1) is 12.1. The number of piperidine rings is 1. The van der Waals surface area contributed by atoms with E-state index in [9.17, 15) is 9.18 Å². The van der Waals surface area contributed by atoms with Crippen LogP contribution in [0.15, 0.2) is 30.6 Å². The maximum absolute atomic E-state index is 13.8. The lowest BCUT2D eigenvalue weighted by molar-refractivity contribution is -0.121. The van der Waals surface area contributed by atoms with Crippen LogP contribution in [0.2, 0.25) is 0 Å². The third-order valence-corrected chi connectivity index (χ3v) is 4.63. The lowest BCUT2D eigenvalue weighted by Gasteiger charge is -2.33. The average Bonchev–Trinajstić information content (AvgIpc) is 2.64. The van der Waals surface area contributed by atoms with Gasteiger partial charge in [0.1, 0.15) is 18.0 Å². The molecule has 5 nitrogen and oxygen atoms in total. The van der Waals surface area contributed by atoms with Crippen LogP contribution in [0.3, 0.4) is 0 Å². The van der Waals surface area contributed by atoms with Crippen LogP contribution in [0.25, 0.3) is 11.3 Å². The Bertz CT molecular complexity index is 757. The minimum absolute atomic E-state index is 0.101. The highest BCUT2D eigenvalue weighted by atomic mass is 19.1. The third-order valence-electron chi connectivity index (χ3n) is 4.63. The Morgan fingerprint density at radius 2 is 2.04 bits per heavy atom. The molecule has 0 radical (unpaired) electrons. The largest absolute Gasteiger partial charge is 0.356 e. The zero-order chi connectivity index (χ0) is 17.8. The number of hydrogen-bond donors (Lipinski definition) is 1. The van der Waals surface area contributed by atoms with Crippen molar-refractivity contribution in [2.45, 2.75) is 39.2 Å². The summed E-state index contributed by atoms with van der Waals surface area (Å²) in [4.78, 5) is 22.3. The van der Waals surface area contributed by atoms with E-state index in [-0.39, 0.29) is 17.8 Å². The van der Waals surface area contributed by atoms with Crippen molar-refractivity contribution in [3.63, 3.8) is 0 Å². The second-order valence-corrected chi connectivity index (χ2v) is 6.41. The number of nitrogens with one attached hydrogen (secondary N) is 1. The molecular weight excluding hydrogens is 319 g/mol. The molecule has 25 heavy (non-hydrogen) atoms. The normalized spacial score (nSPS) is 15.2. The molecule has 1 amide bonds. The Labute approximate surface area is 147 Å². The minimum atomic E-state index is -0.231. The van der Waals surface area contributed by atoms with Crippen LogP contribution in [-0.4, -0.2) is 35.0 Å². The minimum Gasteiger partial charge on any atom is -0.356 e. The second-order valence-electron chi connectivity index (χ2n) is 6.41. The van der Waals surface area contributed by atoms with Crippen molar-refractivity contribution in [1.82, 2.24) is 15.3 Å². The number of benzene rings is 1. The molecule has 0 saturated carbocycles. The zero-order valence-corrected chi connectivity index (χ0v) is 14.6. The van der Waals surface area contributed by atoms with Crippen LogP contribution in [0.4, 0.5) is 10.2 Å². The van der Waals surface area contributed by atoms with Crippen LogP contribution in [0.1, 0.15) is 31.7 Å². The van der Waals surface area contributed by atoms with Crippen molar-refractivity contribution in [3.8, 4) is 11.3 Å². The molecule has 1 saturated heterocycles. The lowest BCUT2D eigenvalue weighted by atomic mass is 10.0. The zero-order valence-electron chi connectivity index (χ0n) is 14.6. The average molecular weight is 342 g/mol. The fraction of sp³-hybridized carbons (Fsp3) is 0.421. The molecule has 2 aromatic rings. The van der Waals surface area contributed by atoms with Crippen LogP contribution < -0.4 is 10.2 Å². The number of amides is 1. The maximum Gasteiger partial charge on any atom is 0.219 e. The number of rotatable bonds is 4. The molecule has 0 aliphatic carbocycles. The lowest BCUT2D eigenvalue weighted by Crippen LogP contribution is -2.44. The van der Waals surface area contributed by atoms with E-state index in [1.165, 1.54) is 12.4 Å². The fourth-order valence-electron chi connectivity index (χ4n) is 3.01. The summed E-state index contributed by atoms with van der Waals surface area (Å²) in [6, 6.07) is 7.27. The Morgan fingerprint density at radius 3 is 2.72 bits per heavy atom. The molecule has 1 N–H and O–H groups in total. The molecule has 1 aromatic carbocycles. The van der Waals surface area contributed by atoms with E-state index in [1.807, 2.05) is 19.1 Å². The number of carbonyl (C=O) groups excluding carboxylic acids is 1. The van der Waals surface area contributed by atoms with Gasteiger partial charge in [-0.3, -0.25) is 4.79 Å². The summed E-state index contributed by atoms with van der Waals surface area (Å²) in [5.74, 6) is 0.709. The second kappa shape index (κ2) is 7.59. The van der Waals surface area contributed by atoms with Gasteiger partial charge in [-0.15, -0.1) is 0 Å². The number of aromatic nitrogens is 2. The van der Waals surface area contributed by atoms with E-state index in [4.69, 9.17) is 0 Å². The van der Waals surface area contributed by atoms with Gasteiger partial charge in [0.2, 0.25) is 5.91 Å². The van der Waals surface area contributed by atoms with E-state index >= 15 is 0 Å². The van der Waals surface area contributed by atoms with Gasteiger partial charge in [0.15, 0.2) is 0 Å². The molecule has 0 unspecified atom stereocenters. The number of aryl methyl sites for hydroxylation is 1. The predicted molar refractivity (Wildman–Crippen MR) is 95.8 cm³/mol. The smallest absolute Gasteiger partial charge is 0.219 e. The van der Waals surface area contributed by atoms with Gasteiger partial charge in [-0.2, -0.15) is 0 Å². The van der Waals surface area contributed by atoms with Crippen LogP contribution in [0.5, 0.6) is 0 Å². The van der Waals surface area contributed by atoms with Gasteiger partial charge in [-0.1, -0.05) is 19.1 Å². The first kappa shape index (κ1) is 17.3. The molecule has 6 heteroatoms. The Balaban J connectivity index is 1.70. The quantitative estimate of drug-likeness (QED) is 0.928. The number of halogens is 1. The van der Waals surface area contributed by atoms with E-state index in [0.717, 1.165) is 37.3 Å². The molecule has 1 fully saturated rings. The molecular formula is C19H23FN4O. The van der Waals surface area contributed by atoms with Crippen molar-refractivity contribution in [2.75, 3.05) is 18.0 Å². The molecule has 1 aliphatic heterocycles. The summed E-state index contributed by atoms with van der Waals surface area (Å²) in [6.45, 7) is 5.26. The number of carbonyl (C=O) groups is 1. The summed E-state index contributed by atoms with van der Waals surface area (Å²) >= 11 is 0. The van der Waals surface area contributed by atoms with Gasteiger partial charge in [0.05, 0.1) is 5.69 Å². The molecule has 2 heterocycles. The first-order valence-electron chi connectivity index (χ1n) is 8.69. The van der Waals surface area contributed by atoms with E-state index in [1.54, 1.807) is 13.0 Å². The molecule has 1 aliphatic rings. The molecule has 0 atom stereocenters. The SMILES string of the molecule is CCC(=O)NC1CCN(c2cc(-c3ccc(C)c(F)c3)ncn2)CC1. The van der Waals surface area contributed by atoms with E-state index in [0.29, 0.717) is 17.7 Å². The molecule has 1 aromatic heterocycles. The van der Waals surface area contributed by atoms with Gasteiger partial charge in [-0.25, -0.2) is 14.4 Å². The van der Waals surface area contributed by atoms with Crippen molar-refractivity contribution in [1.29, 1.82) is 0 Å². The highest BCUT2D eigenvalue weighted by Crippen LogP contribution is 2.24. The Morgan fingerprint density at radius 1 is 1.28 bits per heavy atom. The van der Waals surface area contributed by atoms with Gasteiger partial charge in [0, 0.05) is 37.2 Å². The van der Waals surface area contributed by atoms with Crippen LogP contribution >= 0.6 is 0 Å². The van der Waals surface area contributed by atoms with Crippen molar-refractivity contribution >= 4 is 11.7 Å². The molecule has 0 bridgehead atoms. The van der Waals surface area contributed by atoms with Crippen molar-refractivity contribution in [3.05, 3.63) is 42.0 Å². The van der Waals surface area contributed by atoms with E-state index < -0.39 is 0 Å². The number of hydrogen-bond acceptors (Lipinski definition) is 4. The monoisotopic (exact) mass is 342 g/mol. The Hall–Kier alpha value is -2.50. The third kappa shape index (κ3) is 4.13. The van der Waals surface area contributed by atoms with Gasteiger partial charge in [0.25, 0.3) is 0 Å². The van der Waals surface area contributed by atoms with Crippen molar-refractivity contribution in [2.24, 2.45) is 0 Å². The standard InChI is InChI=1S/C19H23FN4O/c1-3-19(25)23-15-6-8-24(9-7-15)18-11-17(21-12-22-18)14-5-4-13(2)16(20)10-14/h4-5,10-12,15H,3,6-9H2,1-2H3,(H,23,25). The predicted octanol–water partition coefficient (Wildman–Crippen LogP) is 3.09. The summed E-state index contributed by atoms with van der Waals surface area (Å²) in [6.07, 6.45) is 3.82. The summed E-state index contributed by atoms with van der Waals surface area (Å²) < 4.78 is 13.8. The summed E-state index contributed by atoms with van der Waals surface area (Å²) in [7, 11) is 0. The van der Waals surface area contributed by atoms with Crippen LogP contribution in [0, 0.1) is 12.7 Å². The molecule has 0 spiro atoms. The summed E-state index contributed by atoms with van der Waals surface area (Å²) in [5.41, 5.74) is 2.08. The number of anilines is 1. The summed E-state index contributed by atoms with van der Waals surface area (Å²) in [5, 5.41) is 3.05. The van der Waals surface area contributed by atoms with Crippen LogP contribution in [-0.2, 0) is 4.79 Å². The van der Waals surface area contributed by atoms with Gasteiger partial charge >= 0.3 is 0 Å². The molecule has 132 valence electrons. The highest BCUT2D eigenvalue weighted by Gasteiger charge is 2.21. The highest BCUT2D eigenvalue weighted by molar-refractivity contribution is 5.75. The van der Waals surface area contributed by atoms with E-state index in [2.05, 4.69) is 20.2 Å².